The molecule has 1 heterocycles. The van der Waals surface area contributed by atoms with Gasteiger partial charge in [0.15, 0.2) is 11.6 Å². The number of hydrogen-bond donors (Lipinski definition) is 2. The minimum atomic E-state index is -3.27. The van der Waals surface area contributed by atoms with Crippen LogP contribution in [-0.4, -0.2) is 27.3 Å². The Hall–Kier alpha value is -1.96. The fourth-order valence-electron chi connectivity index (χ4n) is 3.03. The molecule has 0 bridgehead atoms. The van der Waals surface area contributed by atoms with Gasteiger partial charge in [-0.15, -0.1) is 0 Å². The van der Waals surface area contributed by atoms with Crippen molar-refractivity contribution >= 4 is 10.0 Å². The minimum absolute atomic E-state index is 0.00699. The van der Waals surface area contributed by atoms with Gasteiger partial charge in [0.25, 0.3) is 0 Å². The first-order valence-electron chi connectivity index (χ1n) is 8.68. The van der Waals surface area contributed by atoms with Crippen molar-refractivity contribution in [2.24, 2.45) is 0 Å². The van der Waals surface area contributed by atoms with Crippen LogP contribution in [0.15, 0.2) is 42.5 Å². The third-order valence-corrected chi connectivity index (χ3v) is 5.86. The van der Waals surface area contributed by atoms with Crippen molar-refractivity contribution < 1.29 is 17.5 Å². The maximum atomic E-state index is 14.2. The fourth-order valence-corrected chi connectivity index (χ4v) is 3.63. The lowest BCUT2D eigenvalue weighted by Gasteiger charge is -2.14. The number of nitrogens with one attached hydrogen (secondary N) is 2. The van der Waals surface area contributed by atoms with E-state index in [1.54, 1.807) is 13.0 Å². The molecular weight excluding hydrogens is 355 g/mol. The zero-order chi connectivity index (χ0) is 18.6. The van der Waals surface area contributed by atoms with Crippen molar-refractivity contribution in [3.63, 3.8) is 0 Å². The van der Waals surface area contributed by atoms with Crippen LogP contribution < -0.4 is 14.8 Å². The summed E-state index contributed by atoms with van der Waals surface area (Å²) < 4.78 is 44.9. The molecule has 0 saturated heterocycles. The van der Waals surface area contributed by atoms with Gasteiger partial charge in [-0.05, 0) is 42.2 Å². The average molecular weight is 378 g/mol. The number of ether oxygens (including phenoxy) is 1. The maximum Gasteiger partial charge on any atom is 0.211 e. The van der Waals surface area contributed by atoms with E-state index in [-0.39, 0.29) is 30.7 Å². The number of sulfonamides is 1. The Bertz CT molecular complexity index is 857. The maximum absolute atomic E-state index is 14.2. The largest absolute Gasteiger partial charge is 0.489 e. The van der Waals surface area contributed by atoms with Gasteiger partial charge in [-0.1, -0.05) is 30.3 Å². The zero-order valence-corrected chi connectivity index (χ0v) is 15.5. The van der Waals surface area contributed by atoms with Crippen LogP contribution >= 0.6 is 0 Å². The fraction of sp³-hybridized carbons (Fsp3) is 0.368. The van der Waals surface area contributed by atoms with Crippen LogP contribution in [0, 0.1) is 5.82 Å². The number of fused-ring (bicyclic) bond motifs is 1. The second kappa shape index (κ2) is 8.16. The highest BCUT2D eigenvalue weighted by Gasteiger charge is 2.24. The highest BCUT2D eigenvalue weighted by atomic mass is 32.2. The van der Waals surface area contributed by atoms with Crippen LogP contribution in [0.3, 0.4) is 0 Å². The Kier molecular flexibility index (Phi) is 5.90. The van der Waals surface area contributed by atoms with Crippen molar-refractivity contribution in [2.45, 2.75) is 25.9 Å². The lowest BCUT2D eigenvalue weighted by atomic mass is 9.98. The summed E-state index contributed by atoms with van der Waals surface area (Å²) in [7, 11) is -3.27. The smallest absolute Gasteiger partial charge is 0.211 e. The molecule has 2 N–H and O–H groups in total. The molecule has 1 atom stereocenters. The van der Waals surface area contributed by atoms with Crippen molar-refractivity contribution in [3.8, 4) is 5.75 Å². The topological polar surface area (TPSA) is 67.4 Å². The molecule has 1 aliphatic heterocycles. The first-order valence-corrected chi connectivity index (χ1v) is 10.3. The van der Waals surface area contributed by atoms with E-state index in [1.807, 2.05) is 18.2 Å². The van der Waals surface area contributed by atoms with E-state index in [1.165, 1.54) is 11.6 Å². The van der Waals surface area contributed by atoms with E-state index in [0.29, 0.717) is 6.54 Å². The molecule has 0 radical (unpaired) electrons. The summed E-state index contributed by atoms with van der Waals surface area (Å²) >= 11 is 0. The van der Waals surface area contributed by atoms with Gasteiger partial charge in [0.05, 0.1) is 5.75 Å². The molecule has 0 spiro atoms. The van der Waals surface area contributed by atoms with E-state index >= 15 is 0 Å². The first kappa shape index (κ1) is 18.8. The van der Waals surface area contributed by atoms with Gasteiger partial charge in [0, 0.05) is 19.1 Å². The number of rotatable bonds is 8. The SMILES string of the molecule is CCS(=O)(=O)NCCOc1cc2c(cc1F)CNC2Cc1ccccc1. The summed E-state index contributed by atoms with van der Waals surface area (Å²) in [5.41, 5.74) is 3.17. The van der Waals surface area contributed by atoms with Crippen LogP contribution in [0.5, 0.6) is 5.75 Å². The normalized spacial score (nSPS) is 16.5. The van der Waals surface area contributed by atoms with Gasteiger partial charge < -0.3 is 10.1 Å². The molecule has 0 amide bonds. The van der Waals surface area contributed by atoms with E-state index in [0.717, 1.165) is 17.5 Å². The molecule has 0 aromatic heterocycles. The third-order valence-electron chi connectivity index (χ3n) is 4.45. The highest BCUT2D eigenvalue weighted by Crippen LogP contribution is 2.33. The summed E-state index contributed by atoms with van der Waals surface area (Å²) in [5, 5.41) is 3.41. The predicted octanol–water partition coefficient (Wildman–Crippen LogP) is 2.53. The van der Waals surface area contributed by atoms with Crippen LogP contribution in [0.25, 0.3) is 0 Å². The molecule has 0 saturated carbocycles. The molecule has 5 nitrogen and oxygen atoms in total. The van der Waals surface area contributed by atoms with Gasteiger partial charge in [-0.2, -0.15) is 0 Å². The molecule has 7 heteroatoms. The lowest BCUT2D eigenvalue weighted by molar-refractivity contribution is 0.306. The Morgan fingerprint density at radius 2 is 2.04 bits per heavy atom. The molecule has 26 heavy (non-hydrogen) atoms. The molecule has 1 aliphatic rings. The van der Waals surface area contributed by atoms with E-state index in [4.69, 9.17) is 4.74 Å². The molecule has 0 aliphatic carbocycles. The molecule has 0 fully saturated rings. The summed E-state index contributed by atoms with van der Waals surface area (Å²) in [4.78, 5) is 0. The monoisotopic (exact) mass is 378 g/mol. The standard InChI is InChI=1S/C19H23FN2O3S/c1-2-26(23,24)22-8-9-25-19-12-16-15(11-17(19)20)13-21-18(16)10-14-6-4-3-5-7-14/h3-7,11-12,18,21-22H,2,8-10,13H2,1H3. The minimum Gasteiger partial charge on any atom is -0.489 e. The molecular formula is C19H23FN2O3S. The van der Waals surface area contributed by atoms with Crippen molar-refractivity contribution in [1.82, 2.24) is 10.0 Å². The predicted molar refractivity (Wildman–Crippen MR) is 99.1 cm³/mol. The summed E-state index contributed by atoms with van der Waals surface area (Å²) in [6, 6.07) is 13.5. The summed E-state index contributed by atoms with van der Waals surface area (Å²) in [6.45, 7) is 2.37. The Morgan fingerprint density at radius 1 is 1.27 bits per heavy atom. The van der Waals surface area contributed by atoms with Gasteiger partial charge in [0.2, 0.25) is 10.0 Å². The lowest BCUT2D eigenvalue weighted by Crippen LogP contribution is -2.29. The van der Waals surface area contributed by atoms with Crippen molar-refractivity contribution in [2.75, 3.05) is 18.9 Å². The Balaban J connectivity index is 1.66. The number of halogens is 1. The number of benzene rings is 2. The van der Waals surface area contributed by atoms with Crippen LogP contribution in [-0.2, 0) is 23.0 Å². The van der Waals surface area contributed by atoms with Crippen LogP contribution in [0.1, 0.15) is 29.7 Å². The van der Waals surface area contributed by atoms with Gasteiger partial charge in [-0.3, -0.25) is 0 Å². The van der Waals surface area contributed by atoms with Crippen molar-refractivity contribution in [1.29, 1.82) is 0 Å². The van der Waals surface area contributed by atoms with E-state index in [9.17, 15) is 12.8 Å². The van der Waals surface area contributed by atoms with Crippen LogP contribution in [0.4, 0.5) is 4.39 Å². The van der Waals surface area contributed by atoms with Gasteiger partial charge in [-0.25, -0.2) is 17.5 Å². The number of hydrogen-bond acceptors (Lipinski definition) is 4. The second-order valence-corrected chi connectivity index (χ2v) is 8.35. The average Bonchev–Trinajstić information content (AvgIpc) is 3.01. The van der Waals surface area contributed by atoms with Crippen LogP contribution in [0.2, 0.25) is 0 Å². The molecule has 140 valence electrons. The zero-order valence-electron chi connectivity index (χ0n) is 14.7. The van der Waals surface area contributed by atoms with Crippen molar-refractivity contribution in [3.05, 3.63) is 65.0 Å². The summed E-state index contributed by atoms with van der Waals surface area (Å²) in [6.07, 6.45) is 0.815. The quantitative estimate of drug-likeness (QED) is 0.693. The molecule has 2 aromatic rings. The van der Waals surface area contributed by atoms with E-state index in [2.05, 4.69) is 22.2 Å². The molecule has 3 rings (SSSR count). The van der Waals surface area contributed by atoms with E-state index < -0.39 is 15.8 Å². The molecule has 2 aromatic carbocycles. The van der Waals surface area contributed by atoms with Gasteiger partial charge >= 0.3 is 0 Å². The molecule has 1 unspecified atom stereocenters. The second-order valence-electron chi connectivity index (χ2n) is 6.25. The summed E-state index contributed by atoms with van der Waals surface area (Å²) in [5.74, 6) is -0.266. The third kappa shape index (κ3) is 4.60. The Morgan fingerprint density at radius 3 is 2.77 bits per heavy atom. The van der Waals surface area contributed by atoms with Gasteiger partial charge in [0.1, 0.15) is 6.61 Å². The first-order chi connectivity index (χ1) is 12.5. The Labute approximate surface area is 153 Å². The highest BCUT2D eigenvalue weighted by molar-refractivity contribution is 7.89.